The van der Waals surface area contributed by atoms with E-state index in [0.717, 1.165) is 12.1 Å². The summed E-state index contributed by atoms with van der Waals surface area (Å²) < 4.78 is 37.8. The van der Waals surface area contributed by atoms with E-state index in [0.29, 0.717) is 5.56 Å². The number of nitrogens with zero attached hydrogens (tertiary/aromatic N) is 1. The Morgan fingerprint density at radius 3 is 2.13 bits per heavy atom. The van der Waals surface area contributed by atoms with Crippen molar-refractivity contribution in [3.05, 3.63) is 51.5 Å². The first-order valence-corrected chi connectivity index (χ1v) is 6.81. The normalized spacial score (nSPS) is 11.9. The molecule has 0 aromatic heterocycles. The van der Waals surface area contributed by atoms with Gasteiger partial charge in [-0.15, -0.1) is 0 Å². The van der Waals surface area contributed by atoms with Crippen molar-refractivity contribution < 1.29 is 23.4 Å². The average Bonchev–Trinajstić information content (AvgIpc) is 2.44. The van der Waals surface area contributed by atoms with Crippen LogP contribution in [0.1, 0.15) is 11.1 Å². The second-order valence-electron chi connectivity index (χ2n) is 4.43. The minimum Gasteiger partial charge on any atom is -0.504 e. The molecule has 3 N–H and O–H groups in total. The van der Waals surface area contributed by atoms with Crippen molar-refractivity contribution in [2.45, 2.75) is 6.18 Å². The summed E-state index contributed by atoms with van der Waals surface area (Å²) in [4.78, 5) is 0. The predicted octanol–water partition coefficient (Wildman–Crippen LogP) is 4.87. The van der Waals surface area contributed by atoms with E-state index in [-0.39, 0.29) is 27.2 Å². The molecule has 0 heterocycles. The van der Waals surface area contributed by atoms with E-state index in [1.807, 2.05) is 0 Å². The van der Waals surface area contributed by atoms with Crippen LogP contribution >= 0.6 is 23.2 Å². The molecule has 0 bridgehead atoms. The van der Waals surface area contributed by atoms with Crippen molar-refractivity contribution in [2.24, 2.45) is 5.10 Å². The van der Waals surface area contributed by atoms with Crippen molar-refractivity contribution in [1.29, 1.82) is 0 Å². The number of nitrogens with one attached hydrogen (secondary N) is 1. The molecule has 0 aliphatic carbocycles. The summed E-state index contributed by atoms with van der Waals surface area (Å²) in [5.74, 6) is -0.622. The molecule has 0 atom stereocenters. The Labute approximate surface area is 138 Å². The standard InChI is InChI=1S/C14H9Cl2F3N2O2/c15-9-4-8(14(17,18)19)5-10(16)13(9)21-20-6-7-1-2-11(22)12(23)3-7/h1-6,21-23H/b20-6+. The zero-order valence-electron chi connectivity index (χ0n) is 11.2. The molecule has 0 aliphatic heterocycles. The highest BCUT2D eigenvalue weighted by Crippen LogP contribution is 2.38. The van der Waals surface area contributed by atoms with E-state index in [2.05, 4.69) is 10.5 Å². The molecule has 0 unspecified atom stereocenters. The minimum atomic E-state index is -4.56. The number of halogens is 5. The van der Waals surface area contributed by atoms with Crippen molar-refractivity contribution in [2.75, 3.05) is 5.43 Å². The van der Waals surface area contributed by atoms with Crippen molar-refractivity contribution >= 4 is 35.1 Å². The molecule has 2 aromatic carbocycles. The molecule has 2 aromatic rings. The Bertz CT molecular complexity index is 741. The summed E-state index contributed by atoms with van der Waals surface area (Å²) >= 11 is 11.5. The van der Waals surface area contributed by atoms with Gasteiger partial charge in [0.05, 0.1) is 27.5 Å². The second-order valence-corrected chi connectivity index (χ2v) is 5.25. The first-order chi connectivity index (χ1) is 10.7. The van der Waals surface area contributed by atoms with Crippen LogP contribution in [0, 0.1) is 0 Å². The van der Waals surface area contributed by atoms with E-state index in [9.17, 15) is 23.4 Å². The fraction of sp³-hybridized carbons (Fsp3) is 0.0714. The lowest BCUT2D eigenvalue weighted by Crippen LogP contribution is -2.05. The minimum absolute atomic E-state index is 0.0144. The number of rotatable bonds is 3. The summed E-state index contributed by atoms with van der Waals surface area (Å²) in [6.07, 6.45) is -3.29. The molecule has 2 rings (SSSR count). The Morgan fingerprint density at radius 2 is 1.61 bits per heavy atom. The third-order valence-corrected chi connectivity index (χ3v) is 3.36. The molecule has 23 heavy (non-hydrogen) atoms. The monoisotopic (exact) mass is 364 g/mol. The fourth-order valence-corrected chi connectivity index (χ4v) is 2.21. The second kappa shape index (κ2) is 6.55. The van der Waals surface area contributed by atoms with E-state index < -0.39 is 11.7 Å². The van der Waals surface area contributed by atoms with Gasteiger partial charge >= 0.3 is 6.18 Å². The van der Waals surface area contributed by atoms with Crippen LogP contribution in [0.3, 0.4) is 0 Å². The summed E-state index contributed by atoms with van der Waals surface area (Å²) in [5.41, 5.74) is 1.92. The van der Waals surface area contributed by atoms with Gasteiger partial charge in [0.2, 0.25) is 0 Å². The lowest BCUT2D eigenvalue weighted by atomic mass is 10.2. The van der Waals surface area contributed by atoms with Crippen LogP contribution in [-0.2, 0) is 6.18 Å². The lowest BCUT2D eigenvalue weighted by Gasteiger charge is -2.11. The van der Waals surface area contributed by atoms with Crippen molar-refractivity contribution in [3.63, 3.8) is 0 Å². The molecule has 4 nitrogen and oxygen atoms in total. The van der Waals surface area contributed by atoms with Crippen LogP contribution in [0.2, 0.25) is 10.0 Å². The largest absolute Gasteiger partial charge is 0.504 e. The topological polar surface area (TPSA) is 64.9 Å². The molecule has 0 aliphatic rings. The zero-order valence-corrected chi connectivity index (χ0v) is 12.7. The number of anilines is 1. The lowest BCUT2D eigenvalue weighted by molar-refractivity contribution is -0.137. The molecule has 122 valence electrons. The first kappa shape index (κ1) is 17.2. The summed E-state index contributed by atoms with van der Waals surface area (Å²) in [6.45, 7) is 0. The molecule has 0 radical (unpaired) electrons. The van der Waals surface area contributed by atoms with Gasteiger partial charge in [0.15, 0.2) is 11.5 Å². The zero-order chi connectivity index (χ0) is 17.2. The molecule has 0 saturated heterocycles. The SMILES string of the molecule is Oc1ccc(/C=N/Nc2c(Cl)cc(C(F)(F)F)cc2Cl)cc1O. The van der Waals surface area contributed by atoms with E-state index in [4.69, 9.17) is 23.2 Å². The molecule has 0 amide bonds. The highest BCUT2D eigenvalue weighted by Gasteiger charge is 2.32. The highest BCUT2D eigenvalue weighted by atomic mass is 35.5. The molecular formula is C14H9Cl2F3N2O2. The van der Waals surface area contributed by atoms with E-state index in [1.54, 1.807) is 0 Å². The molecular weight excluding hydrogens is 356 g/mol. The van der Waals surface area contributed by atoms with Crippen LogP contribution in [0.5, 0.6) is 11.5 Å². The van der Waals surface area contributed by atoms with Crippen LogP contribution in [0.4, 0.5) is 18.9 Å². The summed E-state index contributed by atoms with van der Waals surface area (Å²) in [5, 5.41) is 21.8. The van der Waals surface area contributed by atoms with Crippen LogP contribution < -0.4 is 5.43 Å². The fourth-order valence-electron chi connectivity index (χ4n) is 1.64. The van der Waals surface area contributed by atoms with Gasteiger partial charge in [0, 0.05) is 0 Å². The maximum Gasteiger partial charge on any atom is 0.416 e. The van der Waals surface area contributed by atoms with Gasteiger partial charge in [-0.05, 0) is 35.9 Å². The molecule has 0 saturated carbocycles. The van der Waals surface area contributed by atoms with Gasteiger partial charge < -0.3 is 10.2 Å². The van der Waals surface area contributed by atoms with Crippen molar-refractivity contribution in [1.82, 2.24) is 0 Å². The number of phenols is 2. The number of benzene rings is 2. The number of aromatic hydroxyl groups is 2. The third-order valence-electron chi connectivity index (χ3n) is 2.76. The van der Waals surface area contributed by atoms with Gasteiger partial charge in [-0.25, -0.2) is 0 Å². The molecule has 9 heteroatoms. The van der Waals surface area contributed by atoms with Crippen LogP contribution in [0.25, 0.3) is 0 Å². The smallest absolute Gasteiger partial charge is 0.416 e. The van der Waals surface area contributed by atoms with E-state index in [1.165, 1.54) is 24.4 Å². The maximum atomic E-state index is 12.6. The number of phenolic OH excluding ortho intramolecular Hbond substituents is 2. The van der Waals surface area contributed by atoms with Gasteiger partial charge in [-0.1, -0.05) is 23.2 Å². The Kier molecular flexibility index (Phi) is 4.91. The quantitative estimate of drug-likeness (QED) is 0.413. The Balaban J connectivity index is 2.20. The number of hydrazone groups is 1. The van der Waals surface area contributed by atoms with Crippen LogP contribution in [0.15, 0.2) is 35.4 Å². The van der Waals surface area contributed by atoms with E-state index >= 15 is 0 Å². The number of hydrogen-bond donors (Lipinski definition) is 3. The van der Waals surface area contributed by atoms with Crippen LogP contribution in [-0.4, -0.2) is 16.4 Å². The molecule has 0 spiro atoms. The van der Waals surface area contributed by atoms with Crippen molar-refractivity contribution in [3.8, 4) is 11.5 Å². The van der Waals surface area contributed by atoms with Gasteiger partial charge in [-0.3, -0.25) is 5.43 Å². The van der Waals surface area contributed by atoms with Gasteiger partial charge in [0.25, 0.3) is 0 Å². The van der Waals surface area contributed by atoms with Gasteiger partial charge in [-0.2, -0.15) is 18.3 Å². The predicted molar refractivity (Wildman–Crippen MR) is 82.5 cm³/mol. The first-order valence-electron chi connectivity index (χ1n) is 6.06. The third kappa shape index (κ3) is 4.20. The Morgan fingerprint density at radius 1 is 1.00 bits per heavy atom. The average molecular weight is 365 g/mol. The number of hydrogen-bond acceptors (Lipinski definition) is 4. The van der Waals surface area contributed by atoms with Gasteiger partial charge in [0.1, 0.15) is 0 Å². The maximum absolute atomic E-state index is 12.6. The molecule has 0 fully saturated rings. The summed E-state index contributed by atoms with van der Waals surface area (Å²) in [7, 11) is 0. The summed E-state index contributed by atoms with van der Waals surface area (Å²) in [6, 6.07) is 5.44. The Hall–Kier alpha value is -2.12. The highest BCUT2D eigenvalue weighted by molar-refractivity contribution is 6.39. The number of alkyl halides is 3.